The normalized spacial score (nSPS) is 39.5. The van der Waals surface area contributed by atoms with Gasteiger partial charge in [-0.3, -0.25) is 4.90 Å². The lowest BCUT2D eigenvalue weighted by Gasteiger charge is -2.49. The van der Waals surface area contributed by atoms with Gasteiger partial charge in [-0.05, 0) is 44.4 Å². The Morgan fingerprint density at radius 3 is 2.65 bits per heavy atom. The maximum Gasteiger partial charge on any atom is 0.0589 e. The predicted molar refractivity (Wildman–Crippen MR) is 69.1 cm³/mol. The molecule has 3 heteroatoms. The van der Waals surface area contributed by atoms with Crippen molar-refractivity contribution in [2.45, 2.75) is 44.2 Å². The first-order valence-electron chi connectivity index (χ1n) is 7.21. The van der Waals surface area contributed by atoms with Crippen molar-refractivity contribution in [3.05, 3.63) is 0 Å². The maximum absolute atomic E-state index is 5.29. The summed E-state index contributed by atoms with van der Waals surface area (Å²) in [6.07, 6.45) is 5.73. The Balaban J connectivity index is 1.65. The van der Waals surface area contributed by atoms with Crippen molar-refractivity contribution in [2.75, 3.05) is 33.4 Å². The largest absolute Gasteiger partial charge is 0.383 e. The molecule has 3 fully saturated rings. The van der Waals surface area contributed by atoms with E-state index in [0.717, 1.165) is 31.0 Å². The number of hydrogen-bond acceptors (Lipinski definition) is 3. The van der Waals surface area contributed by atoms with Crippen LogP contribution in [-0.2, 0) is 4.74 Å². The molecule has 98 valence electrons. The number of nitrogens with one attached hydrogen (secondary N) is 1. The second-order valence-electron chi connectivity index (χ2n) is 6.40. The van der Waals surface area contributed by atoms with Crippen LogP contribution in [0, 0.1) is 11.8 Å². The number of rotatable bonds is 5. The summed E-state index contributed by atoms with van der Waals surface area (Å²) in [6.45, 7) is 6.86. The highest BCUT2D eigenvalue weighted by Gasteiger charge is 2.49. The van der Waals surface area contributed by atoms with E-state index in [1.54, 1.807) is 0 Å². The van der Waals surface area contributed by atoms with Crippen LogP contribution in [0.15, 0.2) is 0 Å². The summed E-state index contributed by atoms with van der Waals surface area (Å²) in [7, 11) is 1.81. The van der Waals surface area contributed by atoms with E-state index in [0.29, 0.717) is 5.54 Å². The molecule has 1 saturated heterocycles. The van der Waals surface area contributed by atoms with E-state index < -0.39 is 0 Å². The number of ether oxygens (including phenoxy) is 1. The smallest absolute Gasteiger partial charge is 0.0589 e. The van der Waals surface area contributed by atoms with Crippen molar-refractivity contribution in [1.82, 2.24) is 10.2 Å². The highest BCUT2D eigenvalue weighted by Crippen LogP contribution is 2.45. The molecule has 2 atom stereocenters. The highest BCUT2D eigenvalue weighted by atomic mass is 16.5. The quantitative estimate of drug-likeness (QED) is 0.785. The standard InChI is InChI=1S/C14H26N2O/c1-14(12-5-6-12)10-15-13(11-3-4-11)9-16(14)7-8-17-2/h11-13,15H,3-10H2,1-2H3. The first kappa shape index (κ1) is 11.9. The predicted octanol–water partition coefficient (Wildman–Crippen LogP) is 1.49. The number of methoxy groups -OCH3 is 1. The van der Waals surface area contributed by atoms with E-state index >= 15 is 0 Å². The molecule has 0 aromatic carbocycles. The molecule has 2 unspecified atom stereocenters. The van der Waals surface area contributed by atoms with Crippen LogP contribution in [0.5, 0.6) is 0 Å². The Morgan fingerprint density at radius 1 is 1.29 bits per heavy atom. The third-order valence-corrected chi connectivity index (χ3v) is 5.07. The monoisotopic (exact) mass is 238 g/mol. The van der Waals surface area contributed by atoms with E-state index in [-0.39, 0.29) is 0 Å². The minimum atomic E-state index is 0.393. The van der Waals surface area contributed by atoms with E-state index in [2.05, 4.69) is 17.1 Å². The topological polar surface area (TPSA) is 24.5 Å². The Labute approximate surface area is 105 Å². The minimum Gasteiger partial charge on any atom is -0.383 e. The van der Waals surface area contributed by atoms with Gasteiger partial charge < -0.3 is 10.1 Å². The average Bonchev–Trinajstić information content (AvgIpc) is 3.20. The first-order valence-corrected chi connectivity index (χ1v) is 7.21. The molecule has 1 heterocycles. The van der Waals surface area contributed by atoms with Crippen LogP contribution in [0.4, 0.5) is 0 Å². The maximum atomic E-state index is 5.29. The van der Waals surface area contributed by atoms with Crippen LogP contribution in [0.3, 0.4) is 0 Å². The summed E-state index contributed by atoms with van der Waals surface area (Å²) in [5, 5.41) is 3.82. The van der Waals surface area contributed by atoms with Crippen molar-refractivity contribution in [3.63, 3.8) is 0 Å². The third-order valence-electron chi connectivity index (χ3n) is 5.07. The third kappa shape index (κ3) is 2.38. The van der Waals surface area contributed by atoms with Crippen LogP contribution in [0.25, 0.3) is 0 Å². The van der Waals surface area contributed by atoms with Gasteiger partial charge in [0.15, 0.2) is 0 Å². The zero-order valence-corrected chi connectivity index (χ0v) is 11.2. The zero-order valence-electron chi connectivity index (χ0n) is 11.2. The van der Waals surface area contributed by atoms with Crippen molar-refractivity contribution in [3.8, 4) is 0 Å². The van der Waals surface area contributed by atoms with Gasteiger partial charge in [0.25, 0.3) is 0 Å². The fraction of sp³-hybridized carbons (Fsp3) is 1.00. The second-order valence-corrected chi connectivity index (χ2v) is 6.40. The Kier molecular flexibility index (Phi) is 3.18. The molecule has 0 radical (unpaired) electrons. The fourth-order valence-corrected chi connectivity index (χ4v) is 3.43. The molecule has 2 saturated carbocycles. The molecule has 1 N–H and O–H groups in total. The molecule has 1 aliphatic heterocycles. The molecule has 0 aromatic heterocycles. The number of nitrogens with zero attached hydrogens (tertiary/aromatic N) is 1. The molecular weight excluding hydrogens is 212 g/mol. The van der Waals surface area contributed by atoms with Gasteiger partial charge in [-0.25, -0.2) is 0 Å². The summed E-state index contributed by atoms with van der Waals surface area (Å²) >= 11 is 0. The summed E-state index contributed by atoms with van der Waals surface area (Å²) in [4.78, 5) is 2.72. The van der Waals surface area contributed by atoms with Gasteiger partial charge in [0.05, 0.1) is 6.61 Å². The molecule has 2 aliphatic carbocycles. The van der Waals surface area contributed by atoms with Crippen molar-refractivity contribution in [2.24, 2.45) is 11.8 Å². The van der Waals surface area contributed by atoms with Gasteiger partial charge in [-0.15, -0.1) is 0 Å². The van der Waals surface area contributed by atoms with E-state index in [9.17, 15) is 0 Å². The van der Waals surface area contributed by atoms with Crippen LogP contribution in [-0.4, -0.2) is 49.8 Å². The van der Waals surface area contributed by atoms with Gasteiger partial charge in [-0.1, -0.05) is 0 Å². The first-order chi connectivity index (χ1) is 8.24. The molecule has 17 heavy (non-hydrogen) atoms. The lowest BCUT2D eigenvalue weighted by Crippen LogP contribution is -2.65. The van der Waals surface area contributed by atoms with E-state index in [4.69, 9.17) is 4.74 Å². The molecule has 3 rings (SSSR count). The lowest BCUT2D eigenvalue weighted by atomic mass is 9.88. The zero-order chi connectivity index (χ0) is 11.9. The van der Waals surface area contributed by atoms with Crippen LogP contribution in [0.1, 0.15) is 32.6 Å². The molecule has 0 spiro atoms. The van der Waals surface area contributed by atoms with Crippen LogP contribution >= 0.6 is 0 Å². The summed E-state index contributed by atoms with van der Waals surface area (Å²) in [5.41, 5.74) is 0.393. The summed E-state index contributed by atoms with van der Waals surface area (Å²) in [5.74, 6) is 1.89. The van der Waals surface area contributed by atoms with Gasteiger partial charge in [-0.2, -0.15) is 0 Å². The molecule has 3 aliphatic rings. The second kappa shape index (κ2) is 4.52. The minimum absolute atomic E-state index is 0.393. The van der Waals surface area contributed by atoms with Crippen LogP contribution in [0.2, 0.25) is 0 Å². The Bertz CT molecular complexity index is 275. The number of hydrogen-bond donors (Lipinski definition) is 1. The fourth-order valence-electron chi connectivity index (χ4n) is 3.43. The molecule has 0 aromatic rings. The summed E-state index contributed by atoms with van der Waals surface area (Å²) in [6, 6.07) is 0.749. The van der Waals surface area contributed by atoms with Gasteiger partial charge in [0.1, 0.15) is 0 Å². The Hall–Kier alpha value is -0.120. The highest BCUT2D eigenvalue weighted by molar-refractivity contribution is 5.06. The average molecular weight is 238 g/mol. The van der Waals surface area contributed by atoms with E-state index in [1.807, 2.05) is 7.11 Å². The molecule has 0 bridgehead atoms. The molecule has 0 amide bonds. The van der Waals surface area contributed by atoms with Gasteiger partial charge in [0.2, 0.25) is 0 Å². The van der Waals surface area contributed by atoms with Crippen LogP contribution < -0.4 is 5.32 Å². The molecular formula is C14H26N2O. The summed E-state index contributed by atoms with van der Waals surface area (Å²) < 4.78 is 5.29. The van der Waals surface area contributed by atoms with Gasteiger partial charge in [0, 0.05) is 38.3 Å². The van der Waals surface area contributed by atoms with Gasteiger partial charge >= 0.3 is 0 Å². The van der Waals surface area contributed by atoms with Crippen molar-refractivity contribution < 1.29 is 4.74 Å². The Morgan fingerprint density at radius 2 is 2.06 bits per heavy atom. The SMILES string of the molecule is COCCN1CC(C2CC2)NCC1(C)C1CC1. The lowest BCUT2D eigenvalue weighted by molar-refractivity contribution is 0.0115. The van der Waals surface area contributed by atoms with Crippen molar-refractivity contribution >= 4 is 0 Å². The molecule has 3 nitrogen and oxygen atoms in total. The van der Waals surface area contributed by atoms with E-state index in [1.165, 1.54) is 38.8 Å². The van der Waals surface area contributed by atoms with Crippen molar-refractivity contribution in [1.29, 1.82) is 0 Å². The number of piperazine rings is 1.